The summed E-state index contributed by atoms with van der Waals surface area (Å²) in [5, 5.41) is 11.6. The summed E-state index contributed by atoms with van der Waals surface area (Å²) in [6, 6.07) is 0. The monoisotopic (exact) mass is 242 g/mol. The normalized spacial score (nSPS) is 14.9. The standard InChI is InChI=1S/C12H22N2O3/c1-2-3-6-13-11(15)8-14(9-12(16)17)7-10-4-5-10/h10H,2-9H2,1H3,(H,13,15)(H,16,17). The molecule has 1 saturated carbocycles. The van der Waals surface area contributed by atoms with Gasteiger partial charge < -0.3 is 10.4 Å². The molecule has 1 fully saturated rings. The number of nitrogens with one attached hydrogen (secondary N) is 1. The number of aliphatic carboxylic acids is 1. The number of hydrogen-bond acceptors (Lipinski definition) is 3. The van der Waals surface area contributed by atoms with Gasteiger partial charge in [-0.15, -0.1) is 0 Å². The number of carboxylic acid groups (broad SMARTS) is 1. The molecule has 0 aromatic carbocycles. The van der Waals surface area contributed by atoms with Crippen LogP contribution in [0, 0.1) is 5.92 Å². The van der Waals surface area contributed by atoms with Gasteiger partial charge in [-0.2, -0.15) is 0 Å². The van der Waals surface area contributed by atoms with E-state index in [4.69, 9.17) is 5.11 Å². The summed E-state index contributed by atoms with van der Waals surface area (Å²) in [7, 11) is 0. The highest BCUT2D eigenvalue weighted by molar-refractivity contribution is 5.79. The zero-order valence-corrected chi connectivity index (χ0v) is 10.4. The first kappa shape index (κ1) is 14.0. The van der Waals surface area contributed by atoms with Crippen molar-refractivity contribution >= 4 is 11.9 Å². The van der Waals surface area contributed by atoms with Crippen molar-refractivity contribution in [3.05, 3.63) is 0 Å². The summed E-state index contributed by atoms with van der Waals surface area (Å²) in [6.45, 7) is 3.63. The van der Waals surface area contributed by atoms with E-state index in [1.54, 1.807) is 4.90 Å². The van der Waals surface area contributed by atoms with E-state index < -0.39 is 5.97 Å². The molecule has 0 bridgehead atoms. The number of rotatable bonds is 9. The van der Waals surface area contributed by atoms with Crippen LogP contribution >= 0.6 is 0 Å². The van der Waals surface area contributed by atoms with Gasteiger partial charge in [0.1, 0.15) is 0 Å². The van der Waals surface area contributed by atoms with Crippen LogP contribution in [0.4, 0.5) is 0 Å². The van der Waals surface area contributed by atoms with Gasteiger partial charge in [-0.05, 0) is 25.2 Å². The Hall–Kier alpha value is -1.10. The van der Waals surface area contributed by atoms with Crippen molar-refractivity contribution in [3.8, 4) is 0 Å². The Labute approximate surface area is 102 Å². The van der Waals surface area contributed by atoms with Crippen LogP contribution in [0.2, 0.25) is 0 Å². The minimum absolute atomic E-state index is 0.0440. The number of carbonyl (C=O) groups is 2. The van der Waals surface area contributed by atoms with Crippen LogP contribution in [-0.4, -0.2) is 48.1 Å². The van der Waals surface area contributed by atoms with E-state index in [0.29, 0.717) is 12.5 Å². The lowest BCUT2D eigenvalue weighted by Crippen LogP contribution is -2.41. The van der Waals surface area contributed by atoms with Crippen molar-refractivity contribution in [3.63, 3.8) is 0 Å². The Morgan fingerprint density at radius 2 is 2.06 bits per heavy atom. The van der Waals surface area contributed by atoms with Crippen molar-refractivity contribution in [2.45, 2.75) is 32.6 Å². The predicted molar refractivity (Wildman–Crippen MR) is 64.7 cm³/mol. The molecule has 0 atom stereocenters. The Balaban J connectivity index is 2.25. The van der Waals surface area contributed by atoms with Crippen molar-refractivity contribution < 1.29 is 14.7 Å². The topological polar surface area (TPSA) is 69.6 Å². The molecular formula is C12H22N2O3. The van der Waals surface area contributed by atoms with Gasteiger partial charge in [0.15, 0.2) is 0 Å². The molecule has 0 heterocycles. The van der Waals surface area contributed by atoms with Crippen molar-refractivity contribution in [1.82, 2.24) is 10.2 Å². The van der Waals surface area contributed by atoms with E-state index in [9.17, 15) is 9.59 Å². The number of carbonyl (C=O) groups excluding carboxylic acids is 1. The fourth-order valence-electron chi connectivity index (χ4n) is 1.71. The van der Waals surface area contributed by atoms with Gasteiger partial charge in [-0.3, -0.25) is 14.5 Å². The maximum absolute atomic E-state index is 11.6. The number of nitrogens with zero attached hydrogens (tertiary/aromatic N) is 1. The second kappa shape index (κ2) is 7.27. The third-order valence-corrected chi connectivity index (χ3v) is 2.79. The molecule has 0 aliphatic heterocycles. The molecule has 0 aromatic heterocycles. The van der Waals surface area contributed by atoms with Crippen LogP contribution in [0.3, 0.4) is 0 Å². The predicted octanol–water partition coefficient (Wildman–Crippen LogP) is 0.699. The summed E-state index contributed by atoms with van der Waals surface area (Å²) in [5.41, 5.74) is 0. The minimum Gasteiger partial charge on any atom is -0.480 e. The first-order chi connectivity index (χ1) is 8.11. The van der Waals surface area contributed by atoms with Gasteiger partial charge in [0.25, 0.3) is 0 Å². The molecule has 1 aliphatic rings. The SMILES string of the molecule is CCCCNC(=O)CN(CC(=O)O)CC1CC1. The molecule has 98 valence electrons. The van der Waals surface area contributed by atoms with Crippen molar-refractivity contribution in [1.29, 1.82) is 0 Å². The summed E-state index contributed by atoms with van der Waals surface area (Å²) < 4.78 is 0. The smallest absolute Gasteiger partial charge is 0.317 e. The van der Waals surface area contributed by atoms with E-state index in [1.165, 1.54) is 0 Å². The molecule has 17 heavy (non-hydrogen) atoms. The molecule has 2 N–H and O–H groups in total. The third-order valence-electron chi connectivity index (χ3n) is 2.79. The average molecular weight is 242 g/mol. The maximum atomic E-state index is 11.6. The molecule has 0 saturated heterocycles. The van der Waals surface area contributed by atoms with E-state index in [0.717, 1.165) is 32.2 Å². The molecule has 1 aliphatic carbocycles. The van der Waals surface area contributed by atoms with Crippen LogP contribution in [0.1, 0.15) is 32.6 Å². The second-order valence-corrected chi connectivity index (χ2v) is 4.71. The summed E-state index contributed by atoms with van der Waals surface area (Å²) in [4.78, 5) is 24.0. The van der Waals surface area contributed by atoms with Crippen molar-refractivity contribution in [2.75, 3.05) is 26.2 Å². The molecule has 5 heteroatoms. The van der Waals surface area contributed by atoms with Gasteiger partial charge in [-0.25, -0.2) is 0 Å². The number of carboxylic acids is 1. The van der Waals surface area contributed by atoms with Crippen LogP contribution in [0.5, 0.6) is 0 Å². The van der Waals surface area contributed by atoms with Crippen LogP contribution in [-0.2, 0) is 9.59 Å². The lowest BCUT2D eigenvalue weighted by atomic mass is 10.3. The van der Waals surface area contributed by atoms with E-state index >= 15 is 0 Å². The third kappa shape index (κ3) is 6.94. The zero-order chi connectivity index (χ0) is 12.7. The number of amides is 1. The van der Waals surface area contributed by atoms with E-state index in [2.05, 4.69) is 12.2 Å². The Morgan fingerprint density at radius 3 is 2.59 bits per heavy atom. The van der Waals surface area contributed by atoms with Gasteiger partial charge in [0.2, 0.25) is 5.91 Å². The van der Waals surface area contributed by atoms with E-state index in [1.807, 2.05) is 0 Å². The number of unbranched alkanes of at least 4 members (excludes halogenated alkanes) is 1. The lowest BCUT2D eigenvalue weighted by Gasteiger charge is -2.19. The van der Waals surface area contributed by atoms with Gasteiger partial charge in [-0.1, -0.05) is 13.3 Å². The summed E-state index contributed by atoms with van der Waals surface area (Å²) in [6.07, 6.45) is 4.33. The average Bonchev–Trinajstić information content (AvgIpc) is 3.00. The molecule has 1 rings (SSSR count). The second-order valence-electron chi connectivity index (χ2n) is 4.71. The minimum atomic E-state index is -0.869. The van der Waals surface area contributed by atoms with Gasteiger partial charge in [0, 0.05) is 13.1 Å². The summed E-state index contributed by atoms with van der Waals surface area (Å²) in [5.74, 6) is -0.342. The zero-order valence-electron chi connectivity index (χ0n) is 10.4. The van der Waals surface area contributed by atoms with Crippen LogP contribution in [0.15, 0.2) is 0 Å². The van der Waals surface area contributed by atoms with Gasteiger partial charge in [0.05, 0.1) is 13.1 Å². The van der Waals surface area contributed by atoms with Crippen LogP contribution in [0.25, 0.3) is 0 Å². The first-order valence-electron chi connectivity index (χ1n) is 6.32. The Kier molecular flexibility index (Phi) is 5.97. The first-order valence-corrected chi connectivity index (χ1v) is 6.32. The van der Waals surface area contributed by atoms with Crippen LogP contribution < -0.4 is 5.32 Å². The summed E-state index contributed by atoms with van der Waals surface area (Å²) >= 11 is 0. The Bertz CT molecular complexity index is 264. The fraction of sp³-hybridized carbons (Fsp3) is 0.833. The highest BCUT2D eigenvalue weighted by atomic mass is 16.4. The molecule has 0 unspecified atom stereocenters. The van der Waals surface area contributed by atoms with Gasteiger partial charge >= 0.3 is 5.97 Å². The fourth-order valence-corrected chi connectivity index (χ4v) is 1.71. The highest BCUT2D eigenvalue weighted by Crippen LogP contribution is 2.29. The molecule has 5 nitrogen and oxygen atoms in total. The molecule has 1 amide bonds. The highest BCUT2D eigenvalue weighted by Gasteiger charge is 2.26. The molecule has 0 radical (unpaired) electrons. The lowest BCUT2D eigenvalue weighted by molar-refractivity contribution is -0.138. The molecule has 0 spiro atoms. The number of hydrogen-bond donors (Lipinski definition) is 2. The molecule has 0 aromatic rings. The maximum Gasteiger partial charge on any atom is 0.317 e. The molecular weight excluding hydrogens is 220 g/mol. The largest absolute Gasteiger partial charge is 0.480 e. The van der Waals surface area contributed by atoms with E-state index in [-0.39, 0.29) is 19.0 Å². The van der Waals surface area contributed by atoms with Crippen molar-refractivity contribution in [2.24, 2.45) is 5.92 Å². The Morgan fingerprint density at radius 1 is 1.35 bits per heavy atom. The quantitative estimate of drug-likeness (QED) is 0.584.